The van der Waals surface area contributed by atoms with Gasteiger partial charge in [-0.25, -0.2) is 0 Å². The molecule has 33 heavy (non-hydrogen) atoms. The van der Waals surface area contributed by atoms with Crippen LogP contribution in [0.2, 0.25) is 0 Å². The van der Waals surface area contributed by atoms with Crippen LogP contribution in [0.25, 0.3) is 0 Å². The molecule has 3 rings (SSSR count). The number of carbonyl (C=O) groups is 3. The van der Waals surface area contributed by atoms with E-state index in [4.69, 9.17) is 9.84 Å². The molecule has 0 amide bonds. The number of carbonyl (C=O) groups excluding carboxylic acids is 2. The molecule has 6 nitrogen and oxygen atoms in total. The number of rotatable bonds is 9. The Morgan fingerprint density at radius 3 is 1.76 bits per heavy atom. The summed E-state index contributed by atoms with van der Waals surface area (Å²) >= 11 is 0. The number of carboxylic acids is 1. The second kappa shape index (κ2) is 10.4. The van der Waals surface area contributed by atoms with Crippen LogP contribution in [-0.2, 0) is 25.5 Å². The SMILES string of the molecule is Cc1cc(COC(=O)CCC(=O)O)cc(C)c1C(=O)P(=O)(c1ccccc1)c1ccccc1. The first kappa shape index (κ1) is 24.1. The zero-order valence-electron chi connectivity index (χ0n) is 18.5. The van der Waals surface area contributed by atoms with Gasteiger partial charge in [0.1, 0.15) is 6.61 Å². The highest BCUT2D eigenvalue weighted by atomic mass is 31.2. The molecule has 1 N–H and O–H groups in total. The molecule has 0 unspecified atom stereocenters. The van der Waals surface area contributed by atoms with Crippen molar-refractivity contribution in [2.45, 2.75) is 33.3 Å². The van der Waals surface area contributed by atoms with Crippen molar-refractivity contribution in [2.24, 2.45) is 0 Å². The van der Waals surface area contributed by atoms with Crippen molar-refractivity contribution in [3.63, 3.8) is 0 Å². The maximum Gasteiger partial charge on any atom is 0.306 e. The number of hydrogen-bond donors (Lipinski definition) is 1. The Bertz CT molecular complexity index is 1150. The Morgan fingerprint density at radius 2 is 1.30 bits per heavy atom. The monoisotopic (exact) mass is 464 g/mol. The summed E-state index contributed by atoms with van der Waals surface area (Å²) < 4.78 is 19.5. The summed E-state index contributed by atoms with van der Waals surface area (Å²) in [4.78, 5) is 36.2. The van der Waals surface area contributed by atoms with Crippen LogP contribution in [0.4, 0.5) is 0 Å². The molecule has 3 aromatic rings. The number of aliphatic carboxylic acids is 1. The molecule has 0 radical (unpaired) electrons. The van der Waals surface area contributed by atoms with Gasteiger partial charge in [0.2, 0.25) is 12.7 Å². The Hall–Kier alpha value is -3.50. The van der Waals surface area contributed by atoms with Crippen molar-refractivity contribution < 1.29 is 28.8 Å². The van der Waals surface area contributed by atoms with Gasteiger partial charge in [-0.3, -0.25) is 14.4 Å². The van der Waals surface area contributed by atoms with E-state index in [1.165, 1.54) is 0 Å². The van der Waals surface area contributed by atoms with Gasteiger partial charge in [0, 0.05) is 16.2 Å². The number of aryl methyl sites for hydroxylation is 2. The number of ether oxygens (including phenoxy) is 1. The van der Waals surface area contributed by atoms with E-state index in [-0.39, 0.29) is 19.4 Å². The van der Waals surface area contributed by atoms with Crippen molar-refractivity contribution in [3.8, 4) is 0 Å². The van der Waals surface area contributed by atoms with E-state index in [9.17, 15) is 18.9 Å². The fourth-order valence-corrected chi connectivity index (χ4v) is 6.35. The van der Waals surface area contributed by atoms with Crippen molar-refractivity contribution in [1.82, 2.24) is 0 Å². The largest absolute Gasteiger partial charge is 0.481 e. The summed E-state index contributed by atoms with van der Waals surface area (Å²) in [6, 6.07) is 21.0. The fourth-order valence-electron chi connectivity index (χ4n) is 3.74. The molecule has 0 aromatic heterocycles. The van der Waals surface area contributed by atoms with Crippen molar-refractivity contribution in [3.05, 3.63) is 95.1 Å². The quantitative estimate of drug-likeness (QED) is 0.373. The number of esters is 1. The van der Waals surface area contributed by atoms with Crippen LogP contribution >= 0.6 is 7.14 Å². The lowest BCUT2D eigenvalue weighted by atomic mass is 10.0. The van der Waals surface area contributed by atoms with Gasteiger partial charge in [0.05, 0.1) is 12.8 Å². The van der Waals surface area contributed by atoms with Gasteiger partial charge in [0.15, 0.2) is 0 Å². The van der Waals surface area contributed by atoms with E-state index in [1.54, 1.807) is 74.5 Å². The topological polar surface area (TPSA) is 97.7 Å². The molecule has 0 saturated heterocycles. The second-order valence-corrected chi connectivity index (χ2v) is 10.4. The van der Waals surface area contributed by atoms with E-state index in [0.717, 1.165) is 0 Å². The Labute approximate surface area is 192 Å². The van der Waals surface area contributed by atoms with Crippen LogP contribution in [-0.4, -0.2) is 22.6 Å². The first-order chi connectivity index (χ1) is 15.7. The molecule has 0 aliphatic heterocycles. The van der Waals surface area contributed by atoms with Gasteiger partial charge in [-0.05, 0) is 30.5 Å². The molecule has 0 heterocycles. The predicted octanol–water partition coefficient (Wildman–Crippen LogP) is 4.37. The maximum absolute atomic E-state index is 14.4. The van der Waals surface area contributed by atoms with Crippen molar-refractivity contribution >= 4 is 35.2 Å². The average molecular weight is 464 g/mol. The summed E-state index contributed by atoms with van der Waals surface area (Å²) in [5, 5.41) is 9.61. The van der Waals surface area contributed by atoms with Gasteiger partial charge in [0.25, 0.3) is 0 Å². The summed E-state index contributed by atoms with van der Waals surface area (Å²) in [5.41, 5.74) is 1.86. The molecule has 7 heteroatoms. The van der Waals surface area contributed by atoms with Crippen LogP contribution in [0, 0.1) is 13.8 Å². The average Bonchev–Trinajstić information content (AvgIpc) is 2.81. The molecule has 0 bridgehead atoms. The summed E-state index contributed by atoms with van der Waals surface area (Å²) in [7, 11) is -3.64. The van der Waals surface area contributed by atoms with E-state index in [0.29, 0.717) is 32.9 Å². The van der Waals surface area contributed by atoms with Gasteiger partial charge in [-0.1, -0.05) is 72.8 Å². The molecular formula is C26H25O6P. The van der Waals surface area contributed by atoms with E-state index >= 15 is 0 Å². The van der Waals surface area contributed by atoms with Crippen LogP contribution in [0.5, 0.6) is 0 Å². The zero-order valence-corrected chi connectivity index (χ0v) is 19.4. The standard InChI is InChI=1S/C26H25O6P/c1-18-15-20(17-32-24(29)14-13-23(27)28)16-19(2)25(18)26(30)33(31,21-9-5-3-6-10-21)22-11-7-4-8-12-22/h3-12,15-16H,13-14,17H2,1-2H3,(H,27,28). The van der Waals surface area contributed by atoms with E-state index in [1.807, 2.05) is 12.1 Å². The normalized spacial score (nSPS) is 11.1. The second-order valence-electron chi connectivity index (χ2n) is 7.74. The van der Waals surface area contributed by atoms with E-state index in [2.05, 4.69) is 0 Å². The zero-order chi connectivity index (χ0) is 24.0. The molecule has 0 spiro atoms. The third-order valence-electron chi connectivity index (χ3n) is 5.27. The molecule has 0 aliphatic carbocycles. The van der Waals surface area contributed by atoms with Gasteiger partial charge in [-0.2, -0.15) is 0 Å². The molecule has 0 saturated carbocycles. The first-order valence-electron chi connectivity index (χ1n) is 10.5. The minimum atomic E-state index is -3.64. The first-order valence-corrected chi connectivity index (χ1v) is 12.2. The molecule has 3 aromatic carbocycles. The minimum absolute atomic E-state index is 0.0381. The Balaban J connectivity index is 1.94. The smallest absolute Gasteiger partial charge is 0.306 e. The summed E-state index contributed by atoms with van der Waals surface area (Å²) in [6.07, 6.45) is -0.500. The predicted molar refractivity (Wildman–Crippen MR) is 127 cm³/mol. The van der Waals surface area contributed by atoms with Crippen LogP contribution in [0.15, 0.2) is 72.8 Å². The lowest BCUT2D eigenvalue weighted by Crippen LogP contribution is -2.23. The van der Waals surface area contributed by atoms with Crippen LogP contribution in [0.1, 0.15) is 39.9 Å². The molecule has 170 valence electrons. The molecule has 0 atom stereocenters. The number of carboxylic acid groups (broad SMARTS) is 1. The highest BCUT2D eigenvalue weighted by Gasteiger charge is 2.37. The highest BCUT2D eigenvalue weighted by molar-refractivity contribution is 7.93. The molecular weight excluding hydrogens is 439 g/mol. The maximum atomic E-state index is 14.4. The number of hydrogen-bond acceptors (Lipinski definition) is 5. The Morgan fingerprint density at radius 1 is 0.818 bits per heavy atom. The minimum Gasteiger partial charge on any atom is -0.481 e. The number of benzene rings is 3. The highest BCUT2D eigenvalue weighted by Crippen LogP contribution is 2.47. The van der Waals surface area contributed by atoms with E-state index < -0.39 is 24.6 Å². The molecule has 0 fully saturated rings. The summed E-state index contributed by atoms with van der Waals surface area (Å²) in [6.45, 7) is 3.48. The lowest BCUT2D eigenvalue weighted by Gasteiger charge is -2.21. The summed E-state index contributed by atoms with van der Waals surface area (Å²) in [5.74, 6) is -1.67. The van der Waals surface area contributed by atoms with Crippen LogP contribution < -0.4 is 10.6 Å². The molecule has 0 aliphatic rings. The van der Waals surface area contributed by atoms with Crippen LogP contribution in [0.3, 0.4) is 0 Å². The third kappa shape index (κ3) is 5.47. The fraction of sp³-hybridized carbons (Fsp3) is 0.192. The van der Waals surface area contributed by atoms with Gasteiger partial charge < -0.3 is 14.4 Å². The van der Waals surface area contributed by atoms with Gasteiger partial charge >= 0.3 is 11.9 Å². The lowest BCUT2D eigenvalue weighted by molar-refractivity contribution is -0.148. The third-order valence-corrected chi connectivity index (χ3v) is 8.12. The Kier molecular flexibility index (Phi) is 7.62. The van der Waals surface area contributed by atoms with Crippen molar-refractivity contribution in [2.75, 3.05) is 0 Å². The van der Waals surface area contributed by atoms with Gasteiger partial charge in [-0.15, -0.1) is 0 Å². The van der Waals surface area contributed by atoms with Crippen molar-refractivity contribution in [1.29, 1.82) is 0 Å².